The van der Waals surface area contributed by atoms with Gasteiger partial charge in [0.2, 0.25) is 0 Å². The number of aryl methyl sites for hydroxylation is 1. The summed E-state index contributed by atoms with van der Waals surface area (Å²) in [5.74, 6) is 0.898. The summed E-state index contributed by atoms with van der Waals surface area (Å²) in [6, 6.07) is 7.53. The van der Waals surface area contributed by atoms with Crippen LogP contribution < -0.4 is 5.32 Å². The van der Waals surface area contributed by atoms with Gasteiger partial charge in [-0.05, 0) is 35.0 Å². The number of aromatic nitrogens is 2. The monoisotopic (exact) mass is 325 g/mol. The van der Waals surface area contributed by atoms with E-state index in [9.17, 15) is 4.79 Å². The van der Waals surface area contributed by atoms with Crippen molar-refractivity contribution >= 4 is 45.3 Å². The minimum atomic E-state index is 0.145. The van der Waals surface area contributed by atoms with Crippen LogP contribution in [0.25, 0.3) is 0 Å². The maximum Gasteiger partial charge on any atom is 0.156 e. The predicted octanol–water partition coefficient (Wildman–Crippen LogP) is 3.76. The van der Waals surface area contributed by atoms with Crippen molar-refractivity contribution in [3.63, 3.8) is 0 Å². The van der Waals surface area contributed by atoms with Gasteiger partial charge in [-0.25, -0.2) is 9.97 Å². The number of para-hydroxylation sites is 1. The number of benzene rings is 1. The summed E-state index contributed by atoms with van der Waals surface area (Å²) in [4.78, 5) is 19.1. The molecule has 0 aliphatic carbocycles. The van der Waals surface area contributed by atoms with E-state index < -0.39 is 0 Å². The molecule has 0 unspecified atom stereocenters. The standard InChI is InChI=1S/C12H9BrClN3O/c1-7-15-11(14)8(6-18)12(16-7)17-10-5-3-2-4-9(10)13/h2-6H,1H3,(H,15,16,17). The molecule has 1 heterocycles. The second-order valence-corrected chi connectivity index (χ2v) is 4.76. The summed E-state index contributed by atoms with van der Waals surface area (Å²) in [5.41, 5.74) is 1.05. The van der Waals surface area contributed by atoms with Crippen molar-refractivity contribution in [1.29, 1.82) is 0 Å². The van der Waals surface area contributed by atoms with Gasteiger partial charge in [0.15, 0.2) is 6.29 Å². The highest BCUT2D eigenvalue weighted by atomic mass is 79.9. The summed E-state index contributed by atoms with van der Waals surface area (Å²) >= 11 is 9.32. The number of hydrogen-bond donors (Lipinski definition) is 1. The topological polar surface area (TPSA) is 54.9 Å². The van der Waals surface area contributed by atoms with Gasteiger partial charge >= 0.3 is 0 Å². The van der Waals surface area contributed by atoms with Crippen molar-refractivity contribution in [3.8, 4) is 0 Å². The highest BCUT2D eigenvalue weighted by Crippen LogP contribution is 2.27. The Labute approximate surface area is 118 Å². The van der Waals surface area contributed by atoms with Gasteiger partial charge < -0.3 is 5.32 Å². The number of aldehydes is 1. The lowest BCUT2D eigenvalue weighted by Crippen LogP contribution is -2.03. The van der Waals surface area contributed by atoms with E-state index in [2.05, 4.69) is 31.2 Å². The molecule has 0 amide bonds. The van der Waals surface area contributed by atoms with Gasteiger partial charge in [0.05, 0.1) is 11.3 Å². The van der Waals surface area contributed by atoms with E-state index in [-0.39, 0.29) is 10.7 Å². The van der Waals surface area contributed by atoms with Gasteiger partial charge in [0, 0.05) is 4.47 Å². The third-order valence-electron chi connectivity index (χ3n) is 2.26. The second-order valence-electron chi connectivity index (χ2n) is 3.55. The van der Waals surface area contributed by atoms with Crippen molar-refractivity contribution in [1.82, 2.24) is 9.97 Å². The van der Waals surface area contributed by atoms with E-state index in [0.29, 0.717) is 17.9 Å². The maximum atomic E-state index is 11.0. The normalized spacial score (nSPS) is 10.2. The molecule has 0 saturated heterocycles. The fraction of sp³-hybridized carbons (Fsp3) is 0.0833. The summed E-state index contributed by atoms with van der Waals surface area (Å²) < 4.78 is 0.870. The first-order valence-electron chi connectivity index (χ1n) is 5.12. The van der Waals surface area contributed by atoms with Crippen LogP contribution in [0.5, 0.6) is 0 Å². The van der Waals surface area contributed by atoms with E-state index in [1.165, 1.54) is 0 Å². The minimum absolute atomic E-state index is 0.145. The lowest BCUT2D eigenvalue weighted by Gasteiger charge is -2.10. The predicted molar refractivity (Wildman–Crippen MR) is 74.6 cm³/mol. The average Bonchev–Trinajstić information content (AvgIpc) is 2.31. The van der Waals surface area contributed by atoms with Crippen LogP contribution in [-0.2, 0) is 0 Å². The van der Waals surface area contributed by atoms with E-state index in [1.807, 2.05) is 24.3 Å². The molecule has 6 heteroatoms. The van der Waals surface area contributed by atoms with Crippen molar-refractivity contribution in [2.45, 2.75) is 6.92 Å². The van der Waals surface area contributed by atoms with Gasteiger partial charge in [-0.2, -0.15) is 0 Å². The molecular formula is C12H9BrClN3O. The van der Waals surface area contributed by atoms with Gasteiger partial charge in [-0.3, -0.25) is 4.79 Å². The number of rotatable bonds is 3. The van der Waals surface area contributed by atoms with Gasteiger partial charge in [-0.15, -0.1) is 0 Å². The zero-order valence-corrected chi connectivity index (χ0v) is 11.8. The first-order valence-corrected chi connectivity index (χ1v) is 6.30. The largest absolute Gasteiger partial charge is 0.339 e. The molecule has 0 saturated carbocycles. The molecule has 92 valence electrons. The lowest BCUT2D eigenvalue weighted by atomic mass is 10.3. The molecule has 18 heavy (non-hydrogen) atoms. The summed E-state index contributed by atoms with van der Waals surface area (Å²) in [6.07, 6.45) is 0.640. The van der Waals surface area contributed by atoms with Crippen molar-refractivity contribution in [2.75, 3.05) is 5.32 Å². The fourth-order valence-electron chi connectivity index (χ4n) is 1.44. The maximum absolute atomic E-state index is 11.0. The summed E-state index contributed by atoms with van der Waals surface area (Å²) in [7, 11) is 0. The summed E-state index contributed by atoms with van der Waals surface area (Å²) in [6.45, 7) is 1.71. The van der Waals surface area contributed by atoms with Gasteiger partial charge in [-0.1, -0.05) is 23.7 Å². The number of halogens is 2. The fourth-order valence-corrected chi connectivity index (χ4v) is 2.08. The minimum Gasteiger partial charge on any atom is -0.339 e. The van der Waals surface area contributed by atoms with Crippen molar-refractivity contribution in [3.05, 3.63) is 45.3 Å². The van der Waals surface area contributed by atoms with Crippen LogP contribution in [0.2, 0.25) is 5.15 Å². The molecule has 1 aromatic heterocycles. The van der Waals surface area contributed by atoms with Crippen LogP contribution in [0.3, 0.4) is 0 Å². The Balaban J connectivity index is 2.46. The van der Waals surface area contributed by atoms with Crippen LogP contribution in [0.4, 0.5) is 11.5 Å². The Kier molecular flexibility index (Phi) is 3.93. The summed E-state index contributed by atoms with van der Waals surface area (Å²) in [5, 5.41) is 3.21. The zero-order chi connectivity index (χ0) is 13.1. The van der Waals surface area contributed by atoms with Crippen LogP contribution in [0.15, 0.2) is 28.7 Å². The SMILES string of the molecule is Cc1nc(Cl)c(C=O)c(Nc2ccccc2Br)n1. The van der Waals surface area contributed by atoms with Crippen LogP contribution >= 0.6 is 27.5 Å². The number of carbonyl (C=O) groups excluding carboxylic acids is 1. The number of anilines is 2. The van der Waals surface area contributed by atoms with Crippen LogP contribution in [0, 0.1) is 6.92 Å². The van der Waals surface area contributed by atoms with Gasteiger partial charge in [0.1, 0.15) is 16.8 Å². The molecule has 0 fully saturated rings. The molecule has 1 N–H and O–H groups in total. The molecule has 0 spiro atoms. The van der Waals surface area contributed by atoms with E-state index >= 15 is 0 Å². The molecule has 2 aromatic rings. The molecule has 0 aliphatic rings. The smallest absolute Gasteiger partial charge is 0.156 e. The molecule has 1 aromatic carbocycles. The number of nitrogens with one attached hydrogen (secondary N) is 1. The Morgan fingerprint density at radius 1 is 1.33 bits per heavy atom. The molecule has 0 bridgehead atoms. The van der Waals surface area contributed by atoms with E-state index in [0.717, 1.165) is 10.2 Å². The Morgan fingerprint density at radius 3 is 2.72 bits per heavy atom. The Bertz CT molecular complexity index is 604. The van der Waals surface area contributed by atoms with E-state index in [1.54, 1.807) is 6.92 Å². The number of hydrogen-bond acceptors (Lipinski definition) is 4. The van der Waals surface area contributed by atoms with Crippen molar-refractivity contribution in [2.24, 2.45) is 0 Å². The first kappa shape index (κ1) is 13.0. The molecule has 4 nitrogen and oxygen atoms in total. The molecule has 0 atom stereocenters. The van der Waals surface area contributed by atoms with E-state index in [4.69, 9.17) is 11.6 Å². The Hall–Kier alpha value is -1.46. The number of carbonyl (C=O) groups is 1. The number of nitrogens with zero attached hydrogens (tertiary/aromatic N) is 2. The molecular weight excluding hydrogens is 318 g/mol. The highest BCUT2D eigenvalue weighted by Gasteiger charge is 2.12. The molecule has 0 radical (unpaired) electrons. The third-order valence-corrected chi connectivity index (χ3v) is 3.24. The molecule has 0 aliphatic heterocycles. The van der Waals surface area contributed by atoms with Gasteiger partial charge in [0.25, 0.3) is 0 Å². The third kappa shape index (κ3) is 2.68. The second kappa shape index (κ2) is 5.46. The Morgan fingerprint density at radius 2 is 2.06 bits per heavy atom. The zero-order valence-electron chi connectivity index (χ0n) is 9.45. The molecule has 2 rings (SSSR count). The average molecular weight is 327 g/mol. The van der Waals surface area contributed by atoms with Crippen molar-refractivity contribution < 1.29 is 4.79 Å². The quantitative estimate of drug-likeness (QED) is 0.689. The highest BCUT2D eigenvalue weighted by molar-refractivity contribution is 9.10. The lowest BCUT2D eigenvalue weighted by molar-refractivity contribution is 0.112. The van der Waals surface area contributed by atoms with Crippen LogP contribution in [0.1, 0.15) is 16.2 Å². The first-order chi connectivity index (χ1) is 8.61. The van der Waals surface area contributed by atoms with Crippen LogP contribution in [-0.4, -0.2) is 16.3 Å².